The highest BCUT2D eigenvalue weighted by atomic mass is 35.5. The summed E-state index contributed by atoms with van der Waals surface area (Å²) in [6.45, 7) is 1.42. The molecule has 120 valence electrons. The number of carbonyl (C=O) groups is 1. The van der Waals surface area contributed by atoms with E-state index in [1.165, 1.54) is 13.0 Å². The smallest absolute Gasteiger partial charge is 0.417 e. The van der Waals surface area contributed by atoms with Crippen molar-refractivity contribution in [2.75, 3.05) is 0 Å². The van der Waals surface area contributed by atoms with Crippen LogP contribution in [0.1, 0.15) is 24.5 Å². The van der Waals surface area contributed by atoms with Gasteiger partial charge in [-0.2, -0.15) is 13.2 Å². The van der Waals surface area contributed by atoms with Gasteiger partial charge in [-0.25, -0.2) is 4.79 Å². The number of alkyl halides is 3. The molecule has 4 nitrogen and oxygen atoms in total. The number of halogens is 4. The van der Waals surface area contributed by atoms with Crippen molar-refractivity contribution in [3.63, 3.8) is 0 Å². The first-order valence-electron chi connectivity index (χ1n) is 6.14. The molecule has 3 N–H and O–H groups in total. The maximum atomic E-state index is 12.8. The van der Waals surface area contributed by atoms with Crippen LogP contribution in [0.2, 0.25) is 5.02 Å². The van der Waals surface area contributed by atoms with E-state index in [9.17, 15) is 23.1 Å². The quantitative estimate of drug-likeness (QED) is 0.743. The molecule has 0 fully saturated rings. The predicted octanol–water partition coefficient (Wildman–Crippen LogP) is 3.12. The summed E-state index contributed by atoms with van der Waals surface area (Å²) < 4.78 is 38.5. The maximum Gasteiger partial charge on any atom is 0.417 e. The van der Waals surface area contributed by atoms with Gasteiger partial charge in [0.25, 0.3) is 0 Å². The lowest BCUT2D eigenvalue weighted by Crippen LogP contribution is -2.40. The molecular weight excluding hydrogens is 323 g/mol. The van der Waals surface area contributed by atoms with Crippen molar-refractivity contribution in [1.82, 2.24) is 5.32 Å². The Labute approximate surface area is 129 Å². The third kappa shape index (κ3) is 5.47. The number of nitrogens with one attached hydrogen (secondary N) is 1. The van der Waals surface area contributed by atoms with Crippen molar-refractivity contribution in [2.45, 2.75) is 31.7 Å². The summed E-state index contributed by atoms with van der Waals surface area (Å²) in [5.41, 5.74) is -1.22. The van der Waals surface area contributed by atoms with Crippen LogP contribution in [0.5, 0.6) is 0 Å². The normalized spacial score (nSPS) is 13.7. The SMILES string of the molecule is C[C@H](NC(=O)O)[C@@H](O)CC#Cc1ccc(Cl)cc1C(F)(F)F. The Hall–Kier alpha value is -1.91. The molecule has 0 bridgehead atoms. The summed E-state index contributed by atoms with van der Waals surface area (Å²) in [6, 6.07) is 2.41. The highest BCUT2D eigenvalue weighted by Gasteiger charge is 2.33. The second-order valence-electron chi connectivity index (χ2n) is 4.50. The van der Waals surface area contributed by atoms with Crippen LogP contribution in [0, 0.1) is 11.8 Å². The van der Waals surface area contributed by atoms with Gasteiger partial charge >= 0.3 is 12.3 Å². The van der Waals surface area contributed by atoms with E-state index in [2.05, 4.69) is 11.8 Å². The van der Waals surface area contributed by atoms with Gasteiger partial charge in [-0.15, -0.1) is 0 Å². The van der Waals surface area contributed by atoms with Gasteiger partial charge in [0.1, 0.15) is 0 Å². The molecule has 0 aliphatic heterocycles. The number of benzene rings is 1. The van der Waals surface area contributed by atoms with E-state index >= 15 is 0 Å². The number of amides is 1. The number of hydrogen-bond donors (Lipinski definition) is 3. The topological polar surface area (TPSA) is 69.6 Å². The van der Waals surface area contributed by atoms with Crippen LogP contribution in [-0.4, -0.2) is 28.5 Å². The zero-order valence-electron chi connectivity index (χ0n) is 11.4. The molecule has 0 aliphatic carbocycles. The lowest BCUT2D eigenvalue weighted by molar-refractivity contribution is -0.137. The third-order valence-corrected chi connectivity index (χ3v) is 2.98. The molecule has 2 atom stereocenters. The number of aliphatic hydroxyl groups excluding tert-OH is 1. The minimum Gasteiger partial charge on any atom is -0.465 e. The Morgan fingerprint density at radius 3 is 2.64 bits per heavy atom. The van der Waals surface area contributed by atoms with E-state index in [1.54, 1.807) is 0 Å². The average Bonchev–Trinajstić information content (AvgIpc) is 2.38. The van der Waals surface area contributed by atoms with Gasteiger partial charge in [-0.1, -0.05) is 23.4 Å². The van der Waals surface area contributed by atoms with Crippen molar-refractivity contribution in [2.24, 2.45) is 0 Å². The molecule has 1 aromatic carbocycles. The van der Waals surface area contributed by atoms with Crippen molar-refractivity contribution in [3.8, 4) is 11.8 Å². The van der Waals surface area contributed by atoms with Crippen LogP contribution < -0.4 is 5.32 Å². The van der Waals surface area contributed by atoms with E-state index in [0.717, 1.165) is 12.1 Å². The van der Waals surface area contributed by atoms with E-state index in [-0.39, 0.29) is 17.0 Å². The highest BCUT2D eigenvalue weighted by molar-refractivity contribution is 6.30. The van der Waals surface area contributed by atoms with Gasteiger partial charge in [-0.3, -0.25) is 0 Å². The maximum absolute atomic E-state index is 12.8. The van der Waals surface area contributed by atoms with Crippen LogP contribution in [-0.2, 0) is 6.18 Å². The summed E-state index contributed by atoms with van der Waals surface area (Å²) in [4.78, 5) is 10.4. The molecule has 1 rings (SSSR count). The van der Waals surface area contributed by atoms with Gasteiger partial charge in [0.15, 0.2) is 0 Å². The van der Waals surface area contributed by atoms with Gasteiger partial charge in [0.2, 0.25) is 0 Å². The van der Waals surface area contributed by atoms with Crippen LogP contribution in [0.25, 0.3) is 0 Å². The van der Waals surface area contributed by atoms with E-state index in [4.69, 9.17) is 16.7 Å². The largest absolute Gasteiger partial charge is 0.465 e. The zero-order chi connectivity index (χ0) is 16.9. The molecule has 22 heavy (non-hydrogen) atoms. The Morgan fingerprint density at radius 2 is 2.09 bits per heavy atom. The fraction of sp³-hybridized carbons (Fsp3) is 0.357. The van der Waals surface area contributed by atoms with Crippen LogP contribution in [0.4, 0.5) is 18.0 Å². The summed E-state index contributed by atoms with van der Waals surface area (Å²) in [6.07, 6.45) is -7.21. The second kappa shape index (κ2) is 7.38. The molecule has 0 saturated carbocycles. The van der Waals surface area contributed by atoms with Crippen LogP contribution in [0.15, 0.2) is 18.2 Å². The third-order valence-electron chi connectivity index (χ3n) is 2.75. The summed E-state index contributed by atoms with van der Waals surface area (Å²) >= 11 is 5.55. The van der Waals surface area contributed by atoms with Crippen molar-refractivity contribution in [3.05, 3.63) is 34.3 Å². The van der Waals surface area contributed by atoms with Gasteiger partial charge in [0.05, 0.1) is 17.7 Å². The molecule has 0 aromatic heterocycles. The molecule has 0 spiro atoms. The fourth-order valence-electron chi connectivity index (χ4n) is 1.58. The molecule has 0 heterocycles. The molecule has 1 aromatic rings. The lowest BCUT2D eigenvalue weighted by Gasteiger charge is -2.16. The first-order chi connectivity index (χ1) is 10.1. The Balaban J connectivity index is 2.87. The second-order valence-corrected chi connectivity index (χ2v) is 4.94. The average molecular weight is 336 g/mol. The molecular formula is C14H13ClF3NO3. The Bertz CT molecular complexity index is 608. The molecule has 0 saturated heterocycles. The lowest BCUT2D eigenvalue weighted by atomic mass is 10.1. The monoisotopic (exact) mass is 335 g/mol. The number of carboxylic acid groups (broad SMARTS) is 1. The van der Waals surface area contributed by atoms with Gasteiger partial charge in [-0.05, 0) is 25.1 Å². The molecule has 0 aliphatic rings. The standard InChI is InChI=1S/C14H13ClF3NO3/c1-8(19-13(21)22)12(20)4-2-3-9-5-6-10(15)7-11(9)14(16,17)18/h5-8,12,19-20H,4H2,1H3,(H,21,22)/t8-,12-/m0/s1. The number of rotatable bonds is 3. The van der Waals surface area contributed by atoms with E-state index in [1.807, 2.05) is 5.32 Å². The fourth-order valence-corrected chi connectivity index (χ4v) is 1.75. The minimum absolute atomic E-state index is 0.0582. The first-order valence-corrected chi connectivity index (χ1v) is 6.52. The van der Waals surface area contributed by atoms with Gasteiger partial charge < -0.3 is 15.5 Å². The first kappa shape index (κ1) is 18.1. The molecule has 0 radical (unpaired) electrons. The summed E-state index contributed by atoms with van der Waals surface area (Å²) in [7, 11) is 0. The van der Waals surface area contributed by atoms with Crippen molar-refractivity contribution >= 4 is 17.7 Å². The summed E-state index contributed by atoms with van der Waals surface area (Å²) in [5.74, 6) is 4.73. The van der Waals surface area contributed by atoms with E-state index < -0.39 is 30.0 Å². The highest BCUT2D eigenvalue weighted by Crippen LogP contribution is 2.33. The zero-order valence-corrected chi connectivity index (χ0v) is 12.2. The number of aliphatic hydroxyl groups is 1. The molecule has 0 unspecified atom stereocenters. The minimum atomic E-state index is -4.59. The van der Waals surface area contributed by atoms with Crippen molar-refractivity contribution < 1.29 is 28.2 Å². The Kier molecular flexibility index (Phi) is 6.09. The van der Waals surface area contributed by atoms with Gasteiger partial charge in [0, 0.05) is 17.0 Å². The summed E-state index contributed by atoms with van der Waals surface area (Å²) in [5, 5.41) is 20.1. The van der Waals surface area contributed by atoms with E-state index in [0.29, 0.717) is 0 Å². The molecule has 1 amide bonds. The number of hydrogen-bond acceptors (Lipinski definition) is 2. The van der Waals surface area contributed by atoms with Crippen molar-refractivity contribution in [1.29, 1.82) is 0 Å². The predicted molar refractivity (Wildman–Crippen MR) is 74.6 cm³/mol. The molecule has 8 heteroatoms. The Morgan fingerprint density at radius 1 is 1.45 bits per heavy atom. The van der Waals surface area contributed by atoms with Crippen LogP contribution in [0.3, 0.4) is 0 Å². The van der Waals surface area contributed by atoms with Crippen LogP contribution >= 0.6 is 11.6 Å².